The fraction of sp³-hybridized carbons (Fsp3) is 1.00. The number of methoxy groups -OCH3 is 1. The van der Waals surface area contributed by atoms with E-state index in [1.54, 1.807) is 0 Å². The summed E-state index contributed by atoms with van der Waals surface area (Å²) in [6.07, 6.45) is -3.85. The van der Waals surface area contributed by atoms with E-state index in [1.807, 2.05) is 0 Å². The van der Waals surface area contributed by atoms with Crippen molar-refractivity contribution in [3.8, 4) is 0 Å². The molecule has 5 N–H and O–H groups in total. The number of hydrogen-bond donors (Lipinski definition) is 4. The summed E-state index contributed by atoms with van der Waals surface area (Å²) in [4.78, 5) is 0. The summed E-state index contributed by atoms with van der Waals surface area (Å²) in [5.41, 5.74) is 5.48. The first-order valence-corrected chi connectivity index (χ1v) is 4.02. The maximum Gasteiger partial charge on any atom is 0.185 e. The van der Waals surface area contributed by atoms with E-state index in [0.717, 1.165) is 0 Å². The first kappa shape index (κ1) is 10.8. The van der Waals surface area contributed by atoms with E-state index < -0.39 is 30.6 Å². The predicted octanol–water partition coefficient (Wildman–Crippen LogP) is -2.60. The lowest BCUT2D eigenvalue weighted by atomic mass is 9.97. The standard InChI is InChI=1S/C7H15NO5/c1-12-7-6(11)4(8)5(10)3(2-9)13-7/h3-7,9-11H,2,8H2,1H3/t3-,4+,5-,6+,7?/m1/s1. The van der Waals surface area contributed by atoms with E-state index in [-0.39, 0.29) is 6.61 Å². The third kappa shape index (κ3) is 1.98. The van der Waals surface area contributed by atoms with Gasteiger partial charge in [0.1, 0.15) is 18.3 Å². The van der Waals surface area contributed by atoms with Crippen LogP contribution in [0.3, 0.4) is 0 Å². The average Bonchev–Trinajstić information content (AvgIpc) is 2.15. The van der Waals surface area contributed by atoms with Gasteiger partial charge in [0.25, 0.3) is 0 Å². The normalized spacial score (nSPS) is 46.4. The van der Waals surface area contributed by atoms with Crippen molar-refractivity contribution < 1.29 is 24.8 Å². The van der Waals surface area contributed by atoms with Gasteiger partial charge in [-0.25, -0.2) is 0 Å². The summed E-state index contributed by atoms with van der Waals surface area (Å²) >= 11 is 0. The molecule has 0 aromatic rings. The molecule has 0 spiro atoms. The minimum absolute atomic E-state index is 0.360. The highest BCUT2D eigenvalue weighted by atomic mass is 16.7. The zero-order chi connectivity index (χ0) is 10.0. The Labute approximate surface area is 75.9 Å². The topological polar surface area (TPSA) is 105 Å². The molecule has 1 heterocycles. The van der Waals surface area contributed by atoms with Crippen molar-refractivity contribution in [3.63, 3.8) is 0 Å². The van der Waals surface area contributed by atoms with Gasteiger partial charge in [0.15, 0.2) is 6.29 Å². The van der Waals surface area contributed by atoms with Gasteiger partial charge in [-0.3, -0.25) is 0 Å². The molecule has 78 valence electrons. The van der Waals surface area contributed by atoms with Crippen molar-refractivity contribution in [3.05, 3.63) is 0 Å². The van der Waals surface area contributed by atoms with Crippen LogP contribution in [0, 0.1) is 0 Å². The van der Waals surface area contributed by atoms with E-state index in [1.165, 1.54) is 7.11 Å². The Bertz CT molecular complexity index is 147. The average molecular weight is 193 g/mol. The second-order valence-electron chi connectivity index (χ2n) is 3.02. The predicted molar refractivity (Wildman–Crippen MR) is 42.7 cm³/mol. The Morgan fingerprint density at radius 3 is 2.46 bits per heavy atom. The fourth-order valence-electron chi connectivity index (χ4n) is 1.31. The van der Waals surface area contributed by atoms with Gasteiger partial charge in [-0.15, -0.1) is 0 Å². The number of ether oxygens (including phenoxy) is 2. The SMILES string of the molecule is COC1O[C@H](CO)[C@@H](O)[C@H](N)[C@@H]1O. The molecule has 6 nitrogen and oxygen atoms in total. The Morgan fingerprint density at radius 2 is 2.00 bits per heavy atom. The first-order chi connectivity index (χ1) is 6.11. The van der Waals surface area contributed by atoms with Gasteiger partial charge in [0.2, 0.25) is 0 Å². The molecule has 0 bridgehead atoms. The largest absolute Gasteiger partial charge is 0.394 e. The number of hydrogen-bond acceptors (Lipinski definition) is 6. The Balaban J connectivity index is 2.66. The molecule has 6 heteroatoms. The van der Waals surface area contributed by atoms with Gasteiger partial charge in [-0.05, 0) is 0 Å². The molecule has 0 amide bonds. The maximum absolute atomic E-state index is 9.40. The zero-order valence-corrected chi connectivity index (χ0v) is 7.33. The fourth-order valence-corrected chi connectivity index (χ4v) is 1.31. The van der Waals surface area contributed by atoms with E-state index in [2.05, 4.69) is 0 Å². The van der Waals surface area contributed by atoms with Crippen LogP contribution in [0.4, 0.5) is 0 Å². The highest BCUT2D eigenvalue weighted by molar-refractivity contribution is 4.91. The third-order valence-corrected chi connectivity index (χ3v) is 2.17. The summed E-state index contributed by atoms with van der Waals surface area (Å²) in [5, 5.41) is 27.6. The van der Waals surface area contributed by atoms with Gasteiger partial charge in [0.05, 0.1) is 12.6 Å². The van der Waals surface area contributed by atoms with Crippen LogP contribution in [0.1, 0.15) is 0 Å². The molecule has 1 rings (SSSR count). The highest BCUT2D eigenvalue weighted by Gasteiger charge is 2.42. The highest BCUT2D eigenvalue weighted by Crippen LogP contribution is 2.19. The molecule has 1 unspecified atom stereocenters. The Morgan fingerprint density at radius 1 is 1.38 bits per heavy atom. The molecule has 1 fully saturated rings. The minimum Gasteiger partial charge on any atom is -0.394 e. The number of nitrogens with two attached hydrogens (primary N) is 1. The molecule has 1 aliphatic rings. The molecule has 1 saturated heterocycles. The van der Waals surface area contributed by atoms with Crippen LogP contribution in [0.5, 0.6) is 0 Å². The smallest absolute Gasteiger partial charge is 0.185 e. The van der Waals surface area contributed by atoms with Crippen LogP contribution in [0.15, 0.2) is 0 Å². The number of aliphatic hydroxyl groups is 3. The van der Waals surface area contributed by atoms with Crippen LogP contribution in [0.25, 0.3) is 0 Å². The zero-order valence-electron chi connectivity index (χ0n) is 7.33. The van der Waals surface area contributed by atoms with Crippen molar-refractivity contribution in [2.24, 2.45) is 5.73 Å². The molecule has 0 saturated carbocycles. The van der Waals surface area contributed by atoms with Crippen LogP contribution < -0.4 is 5.73 Å². The van der Waals surface area contributed by atoms with E-state index in [9.17, 15) is 10.2 Å². The molecule has 5 atom stereocenters. The molecule has 1 aliphatic heterocycles. The van der Waals surface area contributed by atoms with Crippen molar-refractivity contribution >= 4 is 0 Å². The second kappa shape index (κ2) is 4.32. The quantitative estimate of drug-likeness (QED) is 0.383. The summed E-state index contributed by atoms with van der Waals surface area (Å²) in [7, 11) is 1.35. The van der Waals surface area contributed by atoms with Crippen molar-refractivity contribution in [2.45, 2.75) is 30.6 Å². The third-order valence-electron chi connectivity index (χ3n) is 2.17. The molecular formula is C7H15NO5. The summed E-state index contributed by atoms with van der Waals surface area (Å²) in [5.74, 6) is 0. The summed E-state index contributed by atoms with van der Waals surface area (Å²) in [6, 6.07) is -0.865. The summed E-state index contributed by atoms with van der Waals surface area (Å²) in [6.45, 7) is -0.360. The van der Waals surface area contributed by atoms with Crippen molar-refractivity contribution in [1.29, 1.82) is 0 Å². The lowest BCUT2D eigenvalue weighted by molar-refractivity contribution is -0.267. The molecule has 0 aliphatic carbocycles. The molecule has 13 heavy (non-hydrogen) atoms. The molecule has 0 aromatic carbocycles. The lowest BCUT2D eigenvalue weighted by Gasteiger charge is -2.39. The molecular weight excluding hydrogens is 178 g/mol. The second-order valence-corrected chi connectivity index (χ2v) is 3.02. The minimum atomic E-state index is -1.08. The number of rotatable bonds is 2. The van der Waals surface area contributed by atoms with E-state index in [0.29, 0.717) is 0 Å². The lowest BCUT2D eigenvalue weighted by Crippen LogP contribution is -2.62. The van der Waals surface area contributed by atoms with Gasteiger partial charge in [-0.1, -0.05) is 0 Å². The van der Waals surface area contributed by atoms with Gasteiger partial charge in [0, 0.05) is 7.11 Å². The van der Waals surface area contributed by atoms with E-state index >= 15 is 0 Å². The van der Waals surface area contributed by atoms with Gasteiger partial charge < -0.3 is 30.5 Å². The first-order valence-electron chi connectivity index (χ1n) is 4.02. The number of aliphatic hydroxyl groups excluding tert-OH is 3. The monoisotopic (exact) mass is 193 g/mol. The van der Waals surface area contributed by atoms with E-state index in [4.69, 9.17) is 20.3 Å². The van der Waals surface area contributed by atoms with Crippen LogP contribution in [0.2, 0.25) is 0 Å². The van der Waals surface area contributed by atoms with Crippen LogP contribution in [-0.4, -0.2) is 59.7 Å². The van der Waals surface area contributed by atoms with Crippen molar-refractivity contribution in [2.75, 3.05) is 13.7 Å². The summed E-state index contributed by atoms with van der Waals surface area (Å²) < 4.78 is 9.81. The van der Waals surface area contributed by atoms with Crippen LogP contribution >= 0.6 is 0 Å². The Hall–Kier alpha value is -0.240. The van der Waals surface area contributed by atoms with Crippen molar-refractivity contribution in [1.82, 2.24) is 0 Å². The van der Waals surface area contributed by atoms with Gasteiger partial charge >= 0.3 is 0 Å². The molecule has 0 radical (unpaired) electrons. The Kier molecular flexibility index (Phi) is 3.60. The maximum atomic E-state index is 9.40. The van der Waals surface area contributed by atoms with Crippen LogP contribution in [-0.2, 0) is 9.47 Å². The van der Waals surface area contributed by atoms with Gasteiger partial charge in [-0.2, -0.15) is 0 Å². The molecule has 0 aromatic heterocycles.